The zero-order valence-electron chi connectivity index (χ0n) is 11.2. The van der Waals surface area contributed by atoms with Crippen LogP contribution in [0.2, 0.25) is 0 Å². The van der Waals surface area contributed by atoms with Gasteiger partial charge in [0.05, 0.1) is 13.2 Å². The fourth-order valence-electron chi connectivity index (χ4n) is 1.16. The van der Waals surface area contributed by atoms with Gasteiger partial charge < -0.3 is 15.3 Å². The number of aliphatic carboxylic acids is 1. The smallest absolute Gasteiger partial charge is 0.330 e. The van der Waals surface area contributed by atoms with Gasteiger partial charge >= 0.3 is 5.97 Å². The highest BCUT2D eigenvalue weighted by Gasteiger charge is 2.25. The molecule has 4 nitrogen and oxygen atoms in total. The second kappa shape index (κ2) is 10.3. The molecule has 0 aromatic heterocycles. The molecule has 0 atom stereocenters. The van der Waals surface area contributed by atoms with Crippen molar-refractivity contribution in [1.82, 2.24) is 0 Å². The highest BCUT2D eigenvalue weighted by Crippen LogP contribution is 2.27. The van der Waals surface area contributed by atoms with Crippen LogP contribution in [0.25, 0.3) is 0 Å². The second-order valence-corrected chi connectivity index (χ2v) is 4.36. The van der Waals surface area contributed by atoms with E-state index in [4.69, 9.17) is 15.3 Å². The van der Waals surface area contributed by atoms with Crippen LogP contribution in [0.5, 0.6) is 0 Å². The number of aliphatic hydroxyl groups excluding tert-OH is 2. The lowest BCUT2D eigenvalue weighted by Crippen LogP contribution is -2.28. The summed E-state index contributed by atoms with van der Waals surface area (Å²) in [7, 11) is 0. The molecule has 0 bridgehead atoms. The van der Waals surface area contributed by atoms with E-state index in [1.165, 1.54) is 6.92 Å². The fraction of sp³-hybridized carbons (Fsp3) is 0.769. The Hall–Kier alpha value is -0.870. The molecule has 0 radical (unpaired) electrons. The summed E-state index contributed by atoms with van der Waals surface area (Å²) in [6, 6.07) is 0. The molecule has 0 aromatic rings. The summed E-state index contributed by atoms with van der Waals surface area (Å²) in [6.45, 7) is 8.96. The van der Waals surface area contributed by atoms with Gasteiger partial charge in [0.25, 0.3) is 0 Å². The van der Waals surface area contributed by atoms with E-state index in [-0.39, 0.29) is 24.2 Å². The van der Waals surface area contributed by atoms with Gasteiger partial charge in [-0.1, -0.05) is 33.3 Å². The van der Waals surface area contributed by atoms with Crippen molar-refractivity contribution in [2.75, 3.05) is 13.2 Å². The number of unbranched alkanes of at least 4 members (excludes halogenated alkanes) is 1. The Balaban J connectivity index is 0. The molecule has 4 heteroatoms. The molecule has 0 saturated carbocycles. The largest absolute Gasteiger partial charge is 0.478 e. The van der Waals surface area contributed by atoms with Crippen LogP contribution in [0.3, 0.4) is 0 Å². The van der Waals surface area contributed by atoms with Crippen molar-refractivity contribution in [3.05, 3.63) is 12.2 Å². The fourth-order valence-corrected chi connectivity index (χ4v) is 1.16. The third-order valence-corrected chi connectivity index (χ3v) is 2.85. The maximum Gasteiger partial charge on any atom is 0.330 e. The minimum absolute atomic E-state index is 0.111. The average molecular weight is 246 g/mol. The monoisotopic (exact) mass is 246 g/mol. The van der Waals surface area contributed by atoms with Crippen LogP contribution < -0.4 is 0 Å². The number of carbonyl (C=O) groups is 1. The predicted molar refractivity (Wildman–Crippen MR) is 68.9 cm³/mol. The summed E-state index contributed by atoms with van der Waals surface area (Å²) in [5.41, 5.74) is -0.0364. The lowest BCUT2D eigenvalue weighted by Gasteiger charge is -2.27. The van der Waals surface area contributed by atoms with Gasteiger partial charge in [0.2, 0.25) is 0 Å². The predicted octanol–water partition coefficient (Wildman–Crippen LogP) is 2.20. The maximum absolute atomic E-state index is 9.60. The molecule has 0 unspecified atom stereocenters. The highest BCUT2D eigenvalue weighted by molar-refractivity contribution is 5.84. The van der Waals surface area contributed by atoms with Crippen LogP contribution in [0.1, 0.15) is 46.5 Å². The summed E-state index contributed by atoms with van der Waals surface area (Å²) in [5, 5.41) is 26.0. The van der Waals surface area contributed by atoms with E-state index >= 15 is 0 Å². The third kappa shape index (κ3) is 8.89. The van der Waals surface area contributed by atoms with E-state index in [0.29, 0.717) is 0 Å². The van der Waals surface area contributed by atoms with E-state index < -0.39 is 5.97 Å². The van der Waals surface area contributed by atoms with Crippen LogP contribution >= 0.6 is 0 Å². The Morgan fingerprint density at radius 1 is 1.24 bits per heavy atom. The standard InChI is InChI=1S/C9H20O2.C4H6O2/c1-3-5-6-9(4-2,7-10)8-11;1-3(2)4(5)6/h10-11H,3-8H2,1-2H3;1H2,2H3,(H,5,6). The van der Waals surface area contributed by atoms with Crippen LogP contribution in [-0.2, 0) is 4.79 Å². The number of hydrogen-bond donors (Lipinski definition) is 3. The molecule has 0 amide bonds. The Morgan fingerprint density at radius 2 is 1.65 bits per heavy atom. The number of carboxylic acid groups (broad SMARTS) is 1. The van der Waals surface area contributed by atoms with Crippen LogP contribution in [0, 0.1) is 5.41 Å². The van der Waals surface area contributed by atoms with E-state index in [9.17, 15) is 4.79 Å². The van der Waals surface area contributed by atoms with Gasteiger partial charge in [0.15, 0.2) is 0 Å². The molecule has 17 heavy (non-hydrogen) atoms. The summed E-state index contributed by atoms with van der Waals surface area (Å²) in [5.74, 6) is -0.935. The average Bonchev–Trinajstić information content (AvgIpc) is 2.32. The zero-order chi connectivity index (χ0) is 13.9. The van der Waals surface area contributed by atoms with Gasteiger partial charge in [-0.15, -0.1) is 0 Å². The minimum Gasteiger partial charge on any atom is -0.478 e. The van der Waals surface area contributed by atoms with Gasteiger partial charge in [0.1, 0.15) is 0 Å². The summed E-state index contributed by atoms with van der Waals surface area (Å²) >= 11 is 0. The van der Waals surface area contributed by atoms with Crippen LogP contribution in [-0.4, -0.2) is 34.5 Å². The first-order valence-electron chi connectivity index (χ1n) is 5.99. The van der Waals surface area contributed by atoms with E-state index in [1.54, 1.807) is 0 Å². The normalized spacial score (nSPS) is 10.4. The number of aliphatic hydroxyl groups is 2. The van der Waals surface area contributed by atoms with Gasteiger partial charge in [-0.2, -0.15) is 0 Å². The quantitative estimate of drug-likeness (QED) is 0.602. The summed E-state index contributed by atoms with van der Waals surface area (Å²) < 4.78 is 0. The Bertz CT molecular complexity index is 199. The molecule has 0 saturated heterocycles. The molecular formula is C13H26O4. The first-order chi connectivity index (χ1) is 7.89. The zero-order valence-corrected chi connectivity index (χ0v) is 11.2. The Labute approximate surface area is 104 Å². The molecule has 0 aromatic carbocycles. The topological polar surface area (TPSA) is 77.8 Å². The number of rotatable bonds is 7. The molecule has 3 N–H and O–H groups in total. The van der Waals surface area contributed by atoms with Crippen molar-refractivity contribution >= 4 is 5.97 Å². The first-order valence-corrected chi connectivity index (χ1v) is 5.99. The SMILES string of the molecule is C=C(C)C(=O)O.CCCCC(CC)(CO)CO. The van der Waals surface area contributed by atoms with E-state index in [0.717, 1.165) is 25.7 Å². The first kappa shape index (κ1) is 18.5. The molecule has 0 aliphatic heterocycles. The second-order valence-electron chi connectivity index (χ2n) is 4.36. The van der Waals surface area contributed by atoms with Gasteiger partial charge in [-0.05, 0) is 19.8 Å². The maximum atomic E-state index is 9.60. The number of hydrogen-bond acceptors (Lipinski definition) is 3. The molecular weight excluding hydrogens is 220 g/mol. The minimum atomic E-state index is -0.935. The van der Waals surface area contributed by atoms with Crippen molar-refractivity contribution in [2.24, 2.45) is 5.41 Å². The third-order valence-electron chi connectivity index (χ3n) is 2.85. The Kier molecular flexibility index (Phi) is 11.2. The molecule has 102 valence electrons. The van der Waals surface area contributed by atoms with Crippen LogP contribution in [0.4, 0.5) is 0 Å². The lowest BCUT2D eigenvalue weighted by atomic mass is 9.82. The van der Waals surface area contributed by atoms with Gasteiger partial charge in [0, 0.05) is 11.0 Å². The lowest BCUT2D eigenvalue weighted by molar-refractivity contribution is -0.132. The Morgan fingerprint density at radius 3 is 1.82 bits per heavy atom. The van der Waals surface area contributed by atoms with Crippen molar-refractivity contribution in [3.8, 4) is 0 Å². The number of carboxylic acids is 1. The van der Waals surface area contributed by atoms with Gasteiger partial charge in [-0.25, -0.2) is 4.79 Å². The van der Waals surface area contributed by atoms with Crippen molar-refractivity contribution in [3.63, 3.8) is 0 Å². The summed E-state index contributed by atoms with van der Waals surface area (Å²) in [4.78, 5) is 9.60. The van der Waals surface area contributed by atoms with Gasteiger partial charge in [-0.3, -0.25) is 0 Å². The molecule has 0 spiro atoms. The molecule has 0 aliphatic carbocycles. The molecule has 0 aliphatic rings. The van der Waals surface area contributed by atoms with Crippen molar-refractivity contribution < 1.29 is 20.1 Å². The van der Waals surface area contributed by atoms with Crippen molar-refractivity contribution in [1.29, 1.82) is 0 Å². The van der Waals surface area contributed by atoms with Crippen LogP contribution in [0.15, 0.2) is 12.2 Å². The molecule has 0 heterocycles. The highest BCUT2D eigenvalue weighted by atomic mass is 16.4. The van der Waals surface area contributed by atoms with E-state index in [2.05, 4.69) is 13.5 Å². The molecule has 0 rings (SSSR count). The summed E-state index contributed by atoms with van der Waals surface area (Å²) in [6.07, 6.45) is 4.02. The molecule has 0 fully saturated rings. The van der Waals surface area contributed by atoms with Crippen molar-refractivity contribution in [2.45, 2.75) is 46.5 Å². The van der Waals surface area contributed by atoms with E-state index in [1.807, 2.05) is 6.92 Å².